The van der Waals surface area contributed by atoms with Crippen molar-refractivity contribution in [1.82, 2.24) is 15.2 Å². The summed E-state index contributed by atoms with van der Waals surface area (Å²) < 4.78 is 21.4. The molecule has 4 aromatic rings. The van der Waals surface area contributed by atoms with Crippen LogP contribution in [0, 0.1) is 17.1 Å². The Bertz CT molecular complexity index is 1230. The number of benzene rings is 2. The summed E-state index contributed by atoms with van der Waals surface area (Å²) in [6.07, 6.45) is 1.94. The Morgan fingerprint density at radius 2 is 2.11 bits per heavy atom. The van der Waals surface area contributed by atoms with E-state index >= 15 is 4.39 Å². The number of aromatic amines is 1. The van der Waals surface area contributed by atoms with Crippen molar-refractivity contribution in [2.45, 2.75) is 6.42 Å². The molecule has 0 aliphatic carbocycles. The van der Waals surface area contributed by atoms with Gasteiger partial charge in [-0.2, -0.15) is 10.4 Å². The molecule has 138 valence electrons. The lowest BCUT2D eigenvalue weighted by molar-refractivity contribution is 0.436. The Morgan fingerprint density at radius 3 is 2.93 bits per heavy atom. The van der Waals surface area contributed by atoms with Crippen molar-refractivity contribution in [3.63, 3.8) is 0 Å². The Hall–Kier alpha value is -2.95. The minimum absolute atomic E-state index is 0.0191. The largest absolute Gasteiger partial charge is 0.453 e. The molecule has 2 heterocycles. The van der Waals surface area contributed by atoms with Crippen molar-refractivity contribution in [2.75, 3.05) is 0 Å². The maximum Gasteiger partial charge on any atom is 0.181 e. The summed E-state index contributed by atoms with van der Waals surface area (Å²) in [6.45, 7) is 0. The van der Waals surface area contributed by atoms with Crippen molar-refractivity contribution in [2.24, 2.45) is 0 Å². The third-order valence-electron chi connectivity index (χ3n) is 4.13. The second-order valence-corrected chi connectivity index (χ2v) is 7.28. The highest BCUT2D eigenvalue weighted by molar-refractivity contribution is 9.10. The quantitative estimate of drug-likeness (QED) is 0.422. The van der Waals surface area contributed by atoms with E-state index in [1.165, 1.54) is 18.2 Å². The zero-order chi connectivity index (χ0) is 19.7. The molecule has 0 saturated carbocycles. The van der Waals surface area contributed by atoms with Crippen molar-refractivity contribution < 1.29 is 9.13 Å². The minimum atomic E-state index is -0.514. The highest BCUT2D eigenvalue weighted by Gasteiger charge is 2.17. The van der Waals surface area contributed by atoms with Gasteiger partial charge >= 0.3 is 0 Å². The summed E-state index contributed by atoms with van der Waals surface area (Å²) in [5, 5.41) is 17.3. The fourth-order valence-electron chi connectivity index (χ4n) is 2.83. The molecule has 1 N–H and O–H groups in total. The summed E-state index contributed by atoms with van der Waals surface area (Å²) in [6, 6.07) is 13.6. The molecule has 0 aliphatic rings. The van der Waals surface area contributed by atoms with Gasteiger partial charge in [-0.1, -0.05) is 17.7 Å². The second kappa shape index (κ2) is 7.58. The van der Waals surface area contributed by atoms with Crippen LogP contribution in [0.25, 0.3) is 11.0 Å². The van der Waals surface area contributed by atoms with E-state index in [0.717, 1.165) is 11.1 Å². The fourth-order valence-corrected chi connectivity index (χ4v) is 3.45. The first-order valence-electron chi connectivity index (χ1n) is 8.18. The SMILES string of the molecule is N#Cc1cc(Cl)cc(Oc2c(Br)ccc(Cc3[nH]nc4ncccc34)c2F)c1. The average molecular weight is 458 g/mol. The van der Waals surface area contributed by atoms with Gasteiger partial charge in [0, 0.05) is 28.7 Å². The van der Waals surface area contributed by atoms with E-state index in [0.29, 0.717) is 26.3 Å². The van der Waals surface area contributed by atoms with Crippen molar-refractivity contribution >= 4 is 38.6 Å². The van der Waals surface area contributed by atoms with E-state index in [1.807, 2.05) is 12.1 Å². The average Bonchev–Trinajstić information content (AvgIpc) is 3.10. The number of ether oxygens (including phenoxy) is 1. The number of hydrogen-bond donors (Lipinski definition) is 1. The summed E-state index contributed by atoms with van der Waals surface area (Å²) in [5.41, 5.74) is 2.08. The summed E-state index contributed by atoms with van der Waals surface area (Å²) in [5.74, 6) is -0.220. The third kappa shape index (κ3) is 3.57. The van der Waals surface area contributed by atoms with Crippen LogP contribution in [0.3, 0.4) is 0 Å². The molecular formula is C20H11BrClFN4O. The van der Waals surface area contributed by atoms with Gasteiger partial charge in [0.2, 0.25) is 0 Å². The second-order valence-electron chi connectivity index (χ2n) is 5.99. The molecule has 0 unspecified atom stereocenters. The van der Waals surface area contributed by atoms with Gasteiger partial charge in [-0.25, -0.2) is 9.37 Å². The normalized spacial score (nSPS) is 10.8. The maximum atomic E-state index is 15.2. The molecule has 0 spiro atoms. The first-order chi connectivity index (χ1) is 13.5. The number of hydrogen-bond acceptors (Lipinski definition) is 4. The first kappa shape index (κ1) is 18.4. The highest BCUT2D eigenvalue weighted by Crippen LogP contribution is 2.36. The standard InChI is InChI=1S/C20H11BrClFN4O/c21-16-4-3-12(8-17-15-2-1-5-25-20(15)27-26-17)18(23)19(16)28-14-7-11(10-24)6-13(22)9-14/h1-7,9H,8H2,(H,25,26,27). The first-order valence-corrected chi connectivity index (χ1v) is 9.35. The molecule has 0 aliphatic heterocycles. The molecule has 0 saturated heterocycles. The predicted molar refractivity (Wildman–Crippen MR) is 107 cm³/mol. The Balaban J connectivity index is 1.70. The van der Waals surface area contributed by atoms with Gasteiger partial charge in [0.1, 0.15) is 5.75 Å². The van der Waals surface area contributed by atoms with Crippen LogP contribution < -0.4 is 4.74 Å². The molecule has 0 atom stereocenters. The van der Waals surface area contributed by atoms with Crippen molar-refractivity contribution in [3.8, 4) is 17.6 Å². The molecule has 4 rings (SSSR count). The number of aromatic nitrogens is 3. The van der Waals surface area contributed by atoms with Crippen LogP contribution in [0.5, 0.6) is 11.5 Å². The van der Waals surface area contributed by atoms with Crippen LogP contribution in [0.1, 0.15) is 16.8 Å². The van der Waals surface area contributed by atoms with Crippen LogP contribution >= 0.6 is 27.5 Å². The highest BCUT2D eigenvalue weighted by atomic mass is 79.9. The van der Waals surface area contributed by atoms with Gasteiger partial charge in [0.05, 0.1) is 16.1 Å². The van der Waals surface area contributed by atoms with Gasteiger partial charge < -0.3 is 4.74 Å². The Kier molecular flexibility index (Phi) is 4.99. The Labute approximate surface area is 172 Å². The van der Waals surface area contributed by atoms with E-state index in [9.17, 15) is 0 Å². The summed E-state index contributed by atoms with van der Waals surface area (Å²) in [4.78, 5) is 4.17. The maximum absolute atomic E-state index is 15.2. The zero-order valence-electron chi connectivity index (χ0n) is 14.2. The number of nitriles is 1. The molecule has 5 nitrogen and oxygen atoms in total. The van der Waals surface area contributed by atoms with Crippen LogP contribution in [0.15, 0.2) is 53.1 Å². The number of halogens is 3. The molecule has 0 fully saturated rings. The minimum Gasteiger partial charge on any atom is -0.453 e. The van der Waals surface area contributed by atoms with Gasteiger partial charge in [0.25, 0.3) is 0 Å². The topological polar surface area (TPSA) is 74.6 Å². The number of rotatable bonds is 4. The van der Waals surface area contributed by atoms with Gasteiger partial charge in [0.15, 0.2) is 17.2 Å². The van der Waals surface area contributed by atoms with Crippen LogP contribution in [-0.2, 0) is 6.42 Å². The molecular weight excluding hydrogens is 447 g/mol. The summed E-state index contributed by atoms with van der Waals surface area (Å²) >= 11 is 9.32. The van der Waals surface area contributed by atoms with E-state index in [1.54, 1.807) is 24.4 Å². The van der Waals surface area contributed by atoms with Gasteiger partial charge in [-0.05, 0) is 57.9 Å². The number of nitrogens with one attached hydrogen (secondary N) is 1. The fraction of sp³-hybridized carbons (Fsp3) is 0.0500. The van der Waals surface area contributed by atoms with Crippen molar-refractivity contribution in [3.05, 3.63) is 80.8 Å². The smallest absolute Gasteiger partial charge is 0.181 e. The third-order valence-corrected chi connectivity index (χ3v) is 4.97. The number of nitrogens with zero attached hydrogens (tertiary/aromatic N) is 3. The number of pyridine rings is 1. The summed E-state index contributed by atoms with van der Waals surface area (Å²) in [7, 11) is 0. The molecule has 8 heteroatoms. The van der Waals surface area contributed by atoms with E-state index in [-0.39, 0.29) is 17.9 Å². The van der Waals surface area contributed by atoms with Crippen LogP contribution in [-0.4, -0.2) is 15.2 Å². The van der Waals surface area contributed by atoms with E-state index in [2.05, 4.69) is 31.1 Å². The Morgan fingerprint density at radius 1 is 1.25 bits per heavy atom. The van der Waals surface area contributed by atoms with Crippen LogP contribution in [0.2, 0.25) is 5.02 Å². The molecule has 2 aromatic heterocycles. The van der Waals surface area contributed by atoms with E-state index < -0.39 is 5.82 Å². The van der Waals surface area contributed by atoms with Gasteiger partial charge in [-0.15, -0.1) is 0 Å². The molecule has 28 heavy (non-hydrogen) atoms. The van der Waals surface area contributed by atoms with Crippen LogP contribution in [0.4, 0.5) is 4.39 Å². The van der Waals surface area contributed by atoms with E-state index in [4.69, 9.17) is 21.6 Å². The lowest BCUT2D eigenvalue weighted by atomic mass is 10.1. The molecule has 0 bridgehead atoms. The monoisotopic (exact) mass is 456 g/mol. The molecule has 0 amide bonds. The predicted octanol–water partition coefficient (Wildman–Crippen LogP) is 5.77. The zero-order valence-corrected chi connectivity index (χ0v) is 16.6. The number of fused-ring (bicyclic) bond motifs is 1. The molecule has 0 radical (unpaired) electrons. The lowest BCUT2D eigenvalue weighted by Crippen LogP contribution is -1.98. The lowest BCUT2D eigenvalue weighted by Gasteiger charge is -2.12. The van der Waals surface area contributed by atoms with Gasteiger partial charge in [-0.3, -0.25) is 5.10 Å². The molecule has 2 aromatic carbocycles. The van der Waals surface area contributed by atoms with Crippen molar-refractivity contribution in [1.29, 1.82) is 5.26 Å². The number of H-pyrrole nitrogens is 1.